The number of amides is 2. The molecule has 29 heavy (non-hydrogen) atoms. The van der Waals surface area contributed by atoms with E-state index in [2.05, 4.69) is 11.4 Å². The molecule has 0 aromatic heterocycles. The smallest absolute Gasteiger partial charge is 0.244 e. The second kappa shape index (κ2) is 9.11. The van der Waals surface area contributed by atoms with Crippen LogP contribution in [0.5, 0.6) is 0 Å². The van der Waals surface area contributed by atoms with E-state index < -0.39 is 29.0 Å². The molecule has 1 aliphatic carbocycles. The number of nitrogens with one attached hydrogen (secondary N) is 1. The third-order valence-corrected chi connectivity index (χ3v) is 5.17. The largest absolute Gasteiger partial charge is 0.333 e. The van der Waals surface area contributed by atoms with Crippen molar-refractivity contribution in [2.45, 2.75) is 38.5 Å². The van der Waals surface area contributed by atoms with E-state index in [0.29, 0.717) is 19.4 Å². The molecule has 0 heterocycles. The first-order chi connectivity index (χ1) is 13.9. The van der Waals surface area contributed by atoms with Crippen molar-refractivity contribution < 1.29 is 22.8 Å². The molecular formula is C22H23F3N2O2. The summed E-state index contributed by atoms with van der Waals surface area (Å²) in [4.78, 5) is 26.5. The number of carbonyl (C=O) groups excluding carboxylic acids is 2. The Bertz CT molecular complexity index is 917. The SMILES string of the molecule is CCCN(CC(=O)Nc1ccc(F)c(F)c1F)C(=O)CC1CCc2ccccc21. The molecule has 0 spiro atoms. The van der Waals surface area contributed by atoms with Gasteiger partial charge < -0.3 is 10.2 Å². The molecule has 0 aliphatic heterocycles. The molecule has 0 saturated carbocycles. The minimum Gasteiger partial charge on any atom is -0.333 e. The second-order valence-electron chi connectivity index (χ2n) is 7.22. The zero-order chi connectivity index (χ0) is 21.0. The van der Waals surface area contributed by atoms with Gasteiger partial charge >= 0.3 is 0 Å². The van der Waals surface area contributed by atoms with Gasteiger partial charge in [0.1, 0.15) is 0 Å². The number of benzene rings is 2. The molecule has 1 aliphatic rings. The summed E-state index contributed by atoms with van der Waals surface area (Å²) in [6, 6.07) is 9.72. The van der Waals surface area contributed by atoms with E-state index in [1.165, 1.54) is 16.0 Å². The Labute approximate surface area is 167 Å². The molecular weight excluding hydrogens is 381 g/mol. The van der Waals surface area contributed by atoms with Crippen LogP contribution < -0.4 is 5.32 Å². The number of rotatable bonds is 7. The number of anilines is 1. The number of nitrogens with zero attached hydrogens (tertiary/aromatic N) is 1. The Hall–Kier alpha value is -2.83. The van der Waals surface area contributed by atoms with Gasteiger partial charge in [-0.2, -0.15) is 0 Å². The number of hydrogen-bond acceptors (Lipinski definition) is 2. The van der Waals surface area contributed by atoms with Crippen LogP contribution in [0.15, 0.2) is 36.4 Å². The fourth-order valence-corrected chi connectivity index (χ4v) is 3.74. The van der Waals surface area contributed by atoms with Gasteiger partial charge in [0.15, 0.2) is 17.5 Å². The zero-order valence-electron chi connectivity index (χ0n) is 16.2. The Morgan fingerprint density at radius 3 is 2.62 bits per heavy atom. The minimum absolute atomic E-state index is 0.116. The highest BCUT2D eigenvalue weighted by molar-refractivity contribution is 5.94. The summed E-state index contributed by atoms with van der Waals surface area (Å²) in [7, 11) is 0. The van der Waals surface area contributed by atoms with Crippen molar-refractivity contribution in [3.05, 3.63) is 65.0 Å². The summed E-state index contributed by atoms with van der Waals surface area (Å²) in [5.74, 6) is -5.15. The molecule has 1 N–H and O–H groups in total. The summed E-state index contributed by atoms with van der Waals surface area (Å²) in [5, 5.41) is 2.22. The van der Waals surface area contributed by atoms with Crippen LogP contribution in [0.4, 0.5) is 18.9 Å². The van der Waals surface area contributed by atoms with Crippen LogP contribution in [-0.2, 0) is 16.0 Å². The van der Waals surface area contributed by atoms with Crippen molar-refractivity contribution in [2.75, 3.05) is 18.4 Å². The fraction of sp³-hybridized carbons (Fsp3) is 0.364. The van der Waals surface area contributed by atoms with Crippen LogP contribution in [0.25, 0.3) is 0 Å². The summed E-state index contributed by atoms with van der Waals surface area (Å²) < 4.78 is 40.1. The number of carbonyl (C=O) groups is 2. The highest BCUT2D eigenvalue weighted by atomic mass is 19.2. The highest BCUT2D eigenvalue weighted by Gasteiger charge is 2.27. The van der Waals surface area contributed by atoms with Gasteiger partial charge in [0, 0.05) is 13.0 Å². The summed E-state index contributed by atoms with van der Waals surface area (Å²) in [5.41, 5.74) is 1.96. The van der Waals surface area contributed by atoms with E-state index in [0.717, 1.165) is 25.0 Å². The quantitative estimate of drug-likeness (QED) is 0.696. The van der Waals surface area contributed by atoms with Crippen molar-refractivity contribution in [1.29, 1.82) is 0 Å². The van der Waals surface area contributed by atoms with Crippen molar-refractivity contribution in [1.82, 2.24) is 4.90 Å². The van der Waals surface area contributed by atoms with Gasteiger partial charge in [0.2, 0.25) is 11.8 Å². The van der Waals surface area contributed by atoms with Crippen LogP contribution in [0.2, 0.25) is 0 Å². The van der Waals surface area contributed by atoms with Gasteiger partial charge in [-0.25, -0.2) is 13.2 Å². The molecule has 0 radical (unpaired) electrons. The van der Waals surface area contributed by atoms with E-state index in [1.807, 2.05) is 25.1 Å². The maximum Gasteiger partial charge on any atom is 0.244 e. The van der Waals surface area contributed by atoms with Gasteiger partial charge in [-0.15, -0.1) is 0 Å². The maximum absolute atomic E-state index is 13.8. The molecule has 7 heteroatoms. The van der Waals surface area contributed by atoms with Crippen molar-refractivity contribution >= 4 is 17.5 Å². The fourth-order valence-electron chi connectivity index (χ4n) is 3.74. The molecule has 1 unspecified atom stereocenters. The van der Waals surface area contributed by atoms with Crippen LogP contribution in [0.3, 0.4) is 0 Å². The molecule has 0 bridgehead atoms. The lowest BCUT2D eigenvalue weighted by Gasteiger charge is -2.23. The van der Waals surface area contributed by atoms with Crippen LogP contribution >= 0.6 is 0 Å². The predicted octanol–water partition coefficient (Wildman–Crippen LogP) is 4.40. The summed E-state index contributed by atoms with van der Waals surface area (Å²) in [6.45, 7) is 1.98. The van der Waals surface area contributed by atoms with Crippen molar-refractivity contribution in [3.63, 3.8) is 0 Å². The lowest BCUT2D eigenvalue weighted by Crippen LogP contribution is -2.39. The number of hydrogen-bond donors (Lipinski definition) is 1. The minimum atomic E-state index is -1.65. The second-order valence-corrected chi connectivity index (χ2v) is 7.22. The van der Waals surface area contributed by atoms with E-state index in [1.54, 1.807) is 0 Å². The van der Waals surface area contributed by atoms with Crippen molar-refractivity contribution in [3.8, 4) is 0 Å². The standard InChI is InChI=1S/C22H23F3N2O2/c1-2-11-27(13-19(28)26-18-10-9-17(23)21(24)22(18)25)20(29)12-15-8-7-14-5-3-4-6-16(14)15/h3-6,9-10,15H,2,7-8,11-13H2,1H3,(H,26,28). The Morgan fingerprint density at radius 1 is 1.10 bits per heavy atom. The van der Waals surface area contributed by atoms with Gasteiger partial charge in [0.25, 0.3) is 0 Å². The maximum atomic E-state index is 13.8. The van der Waals surface area contributed by atoms with Crippen LogP contribution in [-0.4, -0.2) is 29.8 Å². The molecule has 0 saturated heterocycles. The Kier molecular flexibility index (Phi) is 6.56. The highest BCUT2D eigenvalue weighted by Crippen LogP contribution is 2.35. The first-order valence-corrected chi connectivity index (χ1v) is 9.69. The van der Waals surface area contributed by atoms with E-state index in [4.69, 9.17) is 0 Å². The number of fused-ring (bicyclic) bond motifs is 1. The van der Waals surface area contributed by atoms with Crippen LogP contribution in [0, 0.1) is 17.5 Å². The predicted molar refractivity (Wildman–Crippen MR) is 104 cm³/mol. The zero-order valence-corrected chi connectivity index (χ0v) is 16.2. The lowest BCUT2D eigenvalue weighted by molar-refractivity contribution is -0.135. The van der Waals surface area contributed by atoms with E-state index in [9.17, 15) is 22.8 Å². The number of aryl methyl sites for hydroxylation is 1. The van der Waals surface area contributed by atoms with Crippen molar-refractivity contribution in [2.24, 2.45) is 0 Å². The summed E-state index contributed by atoms with van der Waals surface area (Å²) >= 11 is 0. The third-order valence-electron chi connectivity index (χ3n) is 5.17. The van der Waals surface area contributed by atoms with Gasteiger partial charge in [-0.3, -0.25) is 9.59 Å². The molecule has 2 aromatic carbocycles. The Balaban J connectivity index is 1.64. The first-order valence-electron chi connectivity index (χ1n) is 9.69. The van der Waals surface area contributed by atoms with Gasteiger partial charge in [0.05, 0.1) is 12.2 Å². The molecule has 3 rings (SSSR count). The molecule has 2 amide bonds. The van der Waals surface area contributed by atoms with Crippen LogP contribution in [0.1, 0.15) is 43.2 Å². The normalized spacial score (nSPS) is 15.1. The van der Waals surface area contributed by atoms with Gasteiger partial charge in [-0.05, 0) is 48.4 Å². The lowest BCUT2D eigenvalue weighted by atomic mass is 9.97. The Morgan fingerprint density at radius 2 is 1.86 bits per heavy atom. The average Bonchev–Trinajstić information content (AvgIpc) is 3.11. The monoisotopic (exact) mass is 404 g/mol. The van der Waals surface area contributed by atoms with Gasteiger partial charge in [-0.1, -0.05) is 31.2 Å². The molecule has 2 aromatic rings. The topological polar surface area (TPSA) is 49.4 Å². The molecule has 1 atom stereocenters. The first kappa shape index (κ1) is 20.9. The average molecular weight is 404 g/mol. The molecule has 4 nitrogen and oxygen atoms in total. The summed E-state index contributed by atoms with van der Waals surface area (Å²) in [6.07, 6.45) is 2.76. The third kappa shape index (κ3) is 4.78. The molecule has 0 fully saturated rings. The number of halogens is 3. The molecule has 154 valence electrons. The van der Waals surface area contributed by atoms with E-state index >= 15 is 0 Å². The van der Waals surface area contributed by atoms with E-state index in [-0.39, 0.29) is 18.4 Å².